The Morgan fingerprint density at radius 3 is 2.68 bits per heavy atom. The van der Waals surface area contributed by atoms with E-state index in [-0.39, 0.29) is 6.17 Å². The molecule has 0 amide bonds. The Kier molecular flexibility index (Phi) is 3.97. The molecular formula is C19H23N3. The molecule has 3 heteroatoms. The average Bonchev–Trinajstić information content (AvgIpc) is 2.47. The van der Waals surface area contributed by atoms with Gasteiger partial charge in [0.05, 0.1) is 0 Å². The number of aromatic nitrogens is 1. The summed E-state index contributed by atoms with van der Waals surface area (Å²) in [4.78, 5) is 9.28. The minimum Gasteiger partial charge on any atom is -0.363 e. The molecule has 3 rings (SSSR count). The molecule has 2 unspecified atom stereocenters. The summed E-state index contributed by atoms with van der Waals surface area (Å²) in [7, 11) is 0. The van der Waals surface area contributed by atoms with Gasteiger partial charge in [0.15, 0.2) is 0 Å². The van der Waals surface area contributed by atoms with Gasteiger partial charge in [0, 0.05) is 29.2 Å². The van der Waals surface area contributed by atoms with Gasteiger partial charge in [-0.25, -0.2) is 0 Å². The molecule has 114 valence electrons. The van der Waals surface area contributed by atoms with E-state index in [9.17, 15) is 0 Å². The topological polar surface area (TPSA) is 37.3 Å². The number of aliphatic imine (C=N–C) groups is 1. The molecule has 1 aromatic heterocycles. The summed E-state index contributed by atoms with van der Waals surface area (Å²) in [6.07, 6.45) is 3.07. The molecule has 1 aromatic carbocycles. The highest BCUT2D eigenvalue weighted by Crippen LogP contribution is 2.35. The molecule has 1 aliphatic rings. The molecule has 2 atom stereocenters. The number of nitrogens with zero attached hydrogens (tertiary/aromatic N) is 2. The van der Waals surface area contributed by atoms with Gasteiger partial charge in [-0.1, -0.05) is 23.8 Å². The Balaban J connectivity index is 2.01. The summed E-state index contributed by atoms with van der Waals surface area (Å²) in [6.45, 7) is 8.27. The predicted molar refractivity (Wildman–Crippen MR) is 92.8 cm³/mol. The molecule has 22 heavy (non-hydrogen) atoms. The fraction of sp³-hybridized carbons (Fsp3) is 0.368. The SMILES string of the molecule is CC(C)=NC1Nc2ccc(C)cc2CC1c1ccc(C)nc1. The molecule has 2 aromatic rings. The molecular weight excluding hydrogens is 270 g/mol. The Labute approximate surface area is 132 Å². The standard InChI is InChI=1S/C19H23N3/c1-12(2)21-19-17(15-7-6-14(4)20-11-15)10-16-9-13(3)5-8-18(16)22-19/h5-9,11,17,19,22H,10H2,1-4H3. The van der Waals surface area contributed by atoms with E-state index in [0.717, 1.165) is 17.8 Å². The highest BCUT2D eigenvalue weighted by atomic mass is 15.1. The minimum atomic E-state index is 0.0738. The quantitative estimate of drug-likeness (QED) is 0.840. The number of rotatable bonds is 2. The van der Waals surface area contributed by atoms with Gasteiger partial charge in [0.25, 0.3) is 0 Å². The van der Waals surface area contributed by atoms with Crippen LogP contribution < -0.4 is 5.32 Å². The summed E-state index contributed by atoms with van der Waals surface area (Å²) in [5.74, 6) is 0.317. The number of aryl methyl sites for hydroxylation is 2. The molecule has 1 aliphatic heterocycles. The zero-order chi connectivity index (χ0) is 15.7. The van der Waals surface area contributed by atoms with E-state index in [2.05, 4.69) is 61.4 Å². The molecule has 0 saturated carbocycles. The fourth-order valence-electron chi connectivity index (χ4n) is 3.04. The third-order valence-electron chi connectivity index (χ3n) is 4.14. The lowest BCUT2D eigenvalue weighted by molar-refractivity contribution is 0.557. The van der Waals surface area contributed by atoms with Crippen molar-refractivity contribution >= 4 is 11.4 Å². The van der Waals surface area contributed by atoms with Gasteiger partial charge in [0.1, 0.15) is 6.17 Å². The Hall–Kier alpha value is -2.16. The highest BCUT2D eigenvalue weighted by Gasteiger charge is 2.29. The molecule has 3 nitrogen and oxygen atoms in total. The van der Waals surface area contributed by atoms with Crippen LogP contribution in [-0.4, -0.2) is 16.9 Å². The second kappa shape index (κ2) is 5.91. The number of hydrogen-bond acceptors (Lipinski definition) is 3. The maximum absolute atomic E-state index is 4.82. The van der Waals surface area contributed by atoms with Crippen LogP contribution in [-0.2, 0) is 6.42 Å². The van der Waals surface area contributed by atoms with Crippen molar-refractivity contribution in [3.63, 3.8) is 0 Å². The largest absolute Gasteiger partial charge is 0.363 e. The number of pyridine rings is 1. The molecule has 2 heterocycles. The number of anilines is 1. The van der Waals surface area contributed by atoms with Crippen molar-refractivity contribution in [1.82, 2.24) is 4.98 Å². The van der Waals surface area contributed by atoms with Crippen LogP contribution in [0.3, 0.4) is 0 Å². The van der Waals surface area contributed by atoms with Crippen LogP contribution in [0.2, 0.25) is 0 Å². The first kappa shape index (κ1) is 14.8. The van der Waals surface area contributed by atoms with Crippen molar-refractivity contribution in [3.8, 4) is 0 Å². The van der Waals surface area contributed by atoms with E-state index in [1.807, 2.05) is 13.1 Å². The van der Waals surface area contributed by atoms with Gasteiger partial charge in [-0.05, 0) is 57.4 Å². The van der Waals surface area contributed by atoms with E-state index < -0.39 is 0 Å². The third kappa shape index (κ3) is 3.03. The molecule has 0 fully saturated rings. The fourth-order valence-corrected chi connectivity index (χ4v) is 3.04. The van der Waals surface area contributed by atoms with Gasteiger partial charge < -0.3 is 5.32 Å². The first-order valence-corrected chi connectivity index (χ1v) is 7.82. The zero-order valence-corrected chi connectivity index (χ0v) is 13.7. The lowest BCUT2D eigenvalue weighted by Gasteiger charge is -2.33. The van der Waals surface area contributed by atoms with Crippen molar-refractivity contribution in [2.24, 2.45) is 4.99 Å². The summed E-state index contributed by atoms with van der Waals surface area (Å²) < 4.78 is 0. The lowest BCUT2D eigenvalue weighted by Crippen LogP contribution is -2.32. The van der Waals surface area contributed by atoms with Crippen LogP contribution >= 0.6 is 0 Å². The normalized spacial score (nSPS) is 20.0. The van der Waals surface area contributed by atoms with Gasteiger partial charge in [-0.3, -0.25) is 9.98 Å². The molecule has 0 aliphatic carbocycles. The Morgan fingerprint density at radius 1 is 1.18 bits per heavy atom. The van der Waals surface area contributed by atoms with Crippen LogP contribution in [0.25, 0.3) is 0 Å². The second-order valence-corrected chi connectivity index (χ2v) is 6.37. The monoisotopic (exact) mass is 293 g/mol. The first-order chi connectivity index (χ1) is 10.5. The van der Waals surface area contributed by atoms with E-state index in [0.29, 0.717) is 5.92 Å². The van der Waals surface area contributed by atoms with Gasteiger partial charge in [-0.15, -0.1) is 0 Å². The summed E-state index contributed by atoms with van der Waals surface area (Å²) in [6, 6.07) is 10.9. The van der Waals surface area contributed by atoms with Gasteiger partial charge in [-0.2, -0.15) is 0 Å². The molecule has 0 spiro atoms. The van der Waals surface area contributed by atoms with Crippen molar-refractivity contribution in [1.29, 1.82) is 0 Å². The van der Waals surface area contributed by atoms with Crippen LogP contribution in [0, 0.1) is 13.8 Å². The van der Waals surface area contributed by atoms with E-state index in [1.165, 1.54) is 22.4 Å². The maximum atomic E-state index is 4.82. The lowest BCUT2D eigenvalue weighted by atomic mass is 9.86. The molecule has 1 N–H and O–H groups in total. The first-order valence-electron chi connectivity index (χ1n) is 7.82. The van der Waals surface area contributed by atoms with Crippen LogP contribution in [0.4, 0.5) is 5.69 Å². The van der Waals surface area contributed by atoms with Crippen LogP contribution in [0.15, 0.2) is 41.5 Å². The molecule has 0 radical (unpaired) electrons. The van der Waals surface area contributed by atoms with E-state index in [1.54, 1.807) is 0 Å². The van der Waals surface area contributed by atoms with Crippen molar-refractivity contribution in [3.05, 3.63) is 58.9 Å². The number of fused-ring (bicyclic) bond motifs is 1. The zero-order valence-electron chi connectivity index (χ0n) is 13.7. The van der Waals surface area contributed by atoms with Crippen LogP contribution in [0.5, 0.6) is 0 Å². The average molecular weight is 293 g/mol. The summed E-state index contributed by atoms with van der Waals surface area (Å²) >= 11 is 0. The second-order valence-electron chi connectivity index (χ2n) is 6.37. The molecule has 0 bridgehead atoms. The predicted octanol–water partition coefficient (Wildman–Crippen LogP) is 4.26. The van der Waals surface area contributed by atoms with Crippen LogP contribution in [0.1, 0.15) is 42.1 Å². The van der Waals surface area contributed by atoms with E-state index >= 15 is 0 Å². The van der Waals surface area contributed by atoms with E-state index in [4.69, 9.17) is 4.99 Å². The number of hydrogen-bond donors (Lipinski definition) is 1. The maximum Gasteiger partial charge on any atom is 0.125 e. The van der Waals surface area contributed by atoms with Gasteiger partial charge in [0.2, 0.25) is 0 Å². The number of benzene rings is 1. The highest BCUT2D eigenvalue weighted by molar-refractivity contribution is 5.79. The Morgan fingerprint density at radius 2 is 2.00 bits per heavy atom. The van der Waals surface area contributed by atoms with Crippen molar-refractivity contribution in [2.75, 3.05) is 5.32 Å². The summed E-state index contributed by atoms with van der Waals surface area (Å²) in [5.41, 5.74) is 7.27. The molecule has 0 saturated heterocycles. The Bertz CT molecular complexity index is 697. The minimum absolute atomic E-state index is 0.0738. The third-order valence-corrected chi connectivity index (χ3v) is 4.14. The van der Waals surface area contributed by atoms with Crippen molar-refractivity contribution in [2.45, 2.75) is 46.2 Å². The number of nitrogens with one attached hydrogen (secondary N) is 1. The van der Waals surface area contributed by atoms with Crippen molar-refractivity contribution < 1.29 is 0 Å². The summed E-state index contributed by atoms with van der Waals surface area (Å²) in [5, 5.41) is 3.60. The smallest absolute Gasteiger partial charge is 0.125 e. The van der Waals surface area contributed by atoms with Gasteiger partial charge >= 0.3 is 0 Å².